The molecule has 0 saturated carbocycles. The molecule has 0 unspecified atom stereocenters. The summed E-state index contributed by atoms with van der Waals surface area (Å²) < 4.78 is 0. The number of rotatable bonds is 6. The van der Waals surface area contributed by atoms with Crippen molar-refractivity contribution in [1.82, 2.24) is 0 Å². The molecule has 0 heterocycles. The van der Waals surface area contributed by atoms with Crippen molar-refractivity contribution in [3.8, 4) is 44.5 Å². The summed E-state index contributed by atoms with van der Waals surface area (Å²) >= 11 is 0. The summed E-state index contributed by atoms with van der Waals surface area (Å²) in [5, 5.41) is 10.4. The van der Waals surface area contributed by atoms with Crippen LogP contribution in [-0.2, 0) is 10.8 Å². The SMILES string of the molecule is CCC1(CC)c2ccccc2-c2cc3c(cc21)-c1cc2c(-c4ccc5ccccc5c4)c4ccccc4c(-c4ccc5ccccc5c4)c2cc1C3(CC)CC. The number of hydrogen-bond donors (Lipinski definition) is 0. The summed E-state index contributed by atoms with van der Waals surface area (Å²) in [5.74, 6) is 0. The zero-order valence-electron chi connectivity index (χ0n) is 32.8. The molecule has 0 nitrogen and oxygen atoms in total. The van der Waals surface area contributed by atoms with Crippen LogP contribution >= 0.6 is 0 Å². The minimum atomic E-state index is -0.0814. The van der Waals surface area contributed by atoms with Gasteiger partial charge in [0.1, 0.15) is 0 Å². The van der Waals surface area contributed by atoms with Gasteiger partial charge >= 0.3 is 0 Å². The molecule has 0 spiro atoms. The van der Waals surface area contributed by atoms with Crippen LogP contribution in [0.5, 0.6) is 0 Å². The molecule has 2 aliphatic rings. The quantitative estimate of drug-likeness (QED) is 0.150. The minimum absolute atomic E-state index is 0.0252. The van der Waals surface area contributed by atoms with E-state index < -0.39 is 0 Å². The average Bonchev–Trinajstić information content (AvgIpc) is 3.69. The number of hydrogen-bond acceptors (Lipinski definition) is 0. The van der Waals surface area contributed by atoms with Crippen LogP contribution in [0.3, 0.4) is 0 Å². The summed E-state index contributed by atoms with van der Waals surface area (Å²) in [7, 11) is 0. The second-order valence-electron chi connectivity index (χ2n) is 16.4. The van der Waals surface area contributed by atoms with Gasteiger partial charge in [-0.1, -0.05) is 149 Å². The van der Waals surface area contributed by atoms with Crippen LogP contribution in [0.1, 0.15) is 75.6 Å². The predicted octanol–water partition coefficient (Wildman–Crippen LogP) is 15.8. The van der Waals surface area contributed by atoms with Crippen molar-refractivity contribution >= 4 is 43.1 Å². The molecule has 9 aromatic carbocycles. The highest BCUT2D eigenvalue weighted by Crippen LogP contribution is 2.61. The van der Waals surface area contributed by atoms with Gasteiger partial charge in [-0.15, -0.1) is 0 Å². The fourth-order valence-electron chi connectivity index (χ4n) is 11.4. The molecular formula is C56H46. The lowest BCUT2D eigenvalue weighted by molar-refractivity contribution is 0.485. The van der Waals surface area contributed by atoms with Crippen molar-refractivity contribution in [3.63, 3.8) is 0 Å². The molecule has 0 fully saturated rings. The molecule has 0 heteroatoms. The molecule has 0 saturated heterocycles. The van der Waals surface area contributed by atoms with Crippen LogP contribution in [0.4, 0.5) is 0 Å². The lowest BCUT2D eigenvalue weighted by Gasteiger charge is -2.32. The maximum atomic E-state index is 2.65. The monoisotopic (exact) mass is 718 g/mol. The van der Waals surface area contributed by atoms with Gasteiger partial charge in [0, 0.05) is 10.8 Å². The molecular weight excluding hydrogens is 673 g/mol. The fraction of sp³-hybridized carbons (Fsp3) is 0.179. The summed E-state index contributed by atoms with van der Waals surface area (Å²) in [6.45, 7) is 9.62. The second-order valence-corrected chi connectivity index (χ2v) is 16.4. The smallest absolute Gasteiger partial charge is 0.0210 e. The van der Waals surface area contributed by atoms with Gasteiger partial charge in [0.05, 0.1) is 0 Å². The van der Waals surface area contributed by atoms with E-state index in [0.29, 0.717) is 0 Å². The van der Waals surface area contributed by atoms with E-state index in [0.717, 1.165) is 25.7 Å². The maximum Gasteiger partial charge on any atom is 0.0210 e. The maximum absolute atomic E-state index is 2.65. The fourth-order valence-corrected chi connectivity index (χ4v) is 11.4. The predicted molar refractivity (Wildman–Crippen MR) is 241 cm³/mol. The topological polar surface area (TPSA) is 0 Å². The largest absolute Gasteiger partial charge is 0.0642 e. The van der Waals surface area contributed by atoms with E-state index >= 15 is 0 Å². The highest BCUT2D eigenvalue weighted by molar-refractivity contribution is 6.23. The molecule has 11 rings (SSSR count). The molecule has 0 aromatic heterocycles. The Labute approximate surface area is 330 Å². The Balaban J connectivity index is 1.29. The highest BCUT2D eigenvalue weighted by atomic mass is 14.5. The first-order valence-electron chi connectivity index (χ1n) is 20.8. The van der Waals surface area contributed by atoms with Crippen LogP contribution in [0.15, 0.2) is 158 Å². The molecule has 0 N–H and O–H groups in total. The summed E-state index contributed by atoms with van der Waals surface area (Å²) in [6, 6.07) is 60.7. The van der Waals surface area contributed by atoms with Gasteiger partial charge in [-0.05, 0) is 172 Å². The van der Waals surface area contributed by atoms with E-state index in [1.165, 1.54) is 110 Å². The molecule has 0 bridgehead atoms. The van der Waals surface area contributed by atoms with E-state index in [4.69, 9.17) is 0 Å². The lowest BCUT2D eigenvalue weighted by atomic mass is 9.71. The minimum Gasteiger partial charge on any atom is -0.0642 e. The van der Waals surface area contributed by atoms with Gasteiger partial charge in [-0.25, -0.2) is 0 Å². The summed E-state index contributed by atoms with van der Waals surface area (Å²) in [4.78, 5) is 0. The third-order valence-corrected chi connectivity index (χ3v) is 14.4. The van der Waals surface area contributed by atoms with Gasteiger partial charge in [-0.2, -0.15) is 0 Å². The number of benzene rings is 9. The van der Waals surface area contributed by atoms with Crippen molar-refractivity contribution in [2.24, 2.45) is 0 Å². The van der Waals surface area contributed by atoms with Crippen LogP contribution < -0.4 is 0 Å². The third-order valence-electron chi connectivity index (χ3n) is 14.4. The van der Waals surface area contributed by atoms with Crippen molar-refractivity contribution in [2.45, 2.75) is 64.2 Å². The van der Waals surface area contributed by atoms with Crippen LogP contribution in [0.2, 0.25) is 0 Å². The second kappa shape index (κ2) is 12.3. The number of fused-ring (bicyclic) bond motifs is 10. The van der Waals surface area contributed by atoms with Gasteiger partial charge in [0.25, 0.3) is 0 Å². The Bertz CT molecular complexity index is 3070. The van der Waals surface area contributed by atoms with Crippen molar-refractivity contribution < 1.29 is 0 Å². The Hall–Kier alpha value is -5.98. The normalized spacial score (nSPS) is 14.6. The Morgan fingerprint density at radius 3 is 1.27 bits per heavy atom. The third kappa shape index (κ3) is 4.36. The molecule has 9 aromatic rings. The van der Waals surface area contributed by atoms with Crippen LogP contribution in [-0.4, -0.2) is 0 Å². The van der Waals surface area contributed by atoms with Crippen molar-refractivity contribution in [2.75, 3.05) is 0 Å². The van der Waals surface area contributed by atoms with Gasteiger partial charge in [0.2, 0.25) is 0 Å². The first kappa shape index (κ1) is 33.4. The Morgan fingerprint density at radius 1 is 0.304 bits per heavy atom. The van der Waals surface area contributed by atoms with Gasteiger partial charge in [0.15, 0.2) is 0 Å². The Morgan fingerprint density at radius 2 is 0.714 bits per heavy atom. The van der Waals surface area contributed by atoms with Crippen LogP contribution in [0, 0.1) is 0 Å². The first-order chi connectivity index (χ1) is 27.5. The first-order valence-corrected chi connectivity index (χ1v) is 20.8. The standard InChI is InChI=1S/C56H46/c1-5-55(6-2)49-24-16-15-21-41(49)45-32-51-46(33-50(45)55)44-31-47-48(34-52(44)56(51,7-3)8-4)54(40-28-26-36-18-10-12-20-38(36)30-40)43-23-14-13-22-42(43)53(47)39-27-25-35-17-9-11-19-37(35)29-39/h9-34H,5-8H2,1-4H3. The average molecular weight is 719 g/mol. The molecule has 0 amide bonds. The van der Waals surface area contributed by atoms with E-state index in [9.17, 15) is 0 Å². The summed E-state index contributed by atoms with van der Waals surface area (Å²) in [5.41, 5.74) is 16.9. The van der Waals surface area contributed by atoms with Gasteiger partial charge in [-0.3, -0.25) is 0 Å². The zero-order chi connectivity index (χ0) is 37.8. The molecule has 56 heavy (non-hydrogen) atoms. The zero-order valence-corrected chi connectivity index (χ0v) is 32.8. The molecule has 270 valence electrons. The van der Waals surface area contributed by atoms with E-state index in [1.54, 1.807) is 0 Å². The van der Waals surface area contributed by atoms with Gasteiger partial charge < -0.3 is 0 Å². The van der Waals surface area contributed by atoms with Crippen LogP contribution in [0.25, 0.3) is 87.6 Å². The Kier molecular flexibility index (Phi) is 7.30. The lowest BCUT2D eigenvalue weighted by Crippen LogP contribution is -2.24. The van der Waals surface area contributed by atoms with E-state index in [-0.39, 0.29) is 10.8 Å². The molecule has 2 aliphatic carbocycles. The summed E-state index contributed by atoms with van der Waals surface area (Å²) in [6.07, 6.45) is 4.30. The van der Waals surface area contributed by atoms with E-state index in [2.05, 4.69) is 185 Å². The van der Waals surface area contributed by atoms with Crippen molar-refractivity contribution in [1.29, 1.82) is 0 Å². The highest BCUT2D eigenvalue weighted by Gasteiger charge is 2.46. The molecule has 0 aliphatic heterocycles. The van der Waals surface area contributed by atoms with Crippen molar-refractivity contribution in [3.05, 3.63) is 180 Å². The molecule has 0 atom stereocenters. The molecule has 0 radical (unpaired) electrons. The van der Waals surface area contributed by atoms with E-state index in [1.807, 2.05) is 0 Å².